The Labute approximate surface area is 84.8 Å². The number of carbonyl (C=O) groups excluding carboxylic acids is 1. The molecule has 0 aliphatic carbocycles. The van der Waals surface area contributed by atoms with Gasteiger partial charge in [-0.3, -0.25) is 9.69 Å². The van der Waals surface area contributed by atoms with Crippen LogP contribution in [0.15, 0.2) is 0 Å². The molecule has 0 aromatic carbocycles. The highest BCUT2D eigenvalue weighted by atomic mass is 16.5. The standard InChI is InChI=1S/C10H19NO3/c1-8(12)9-3-4-11(5-9)6-10(13)7-14-2/h8-9,12H,3-7H2,1-2H3. The maximum atomic E-state index is 11.2. The van der Waals surface area contributed by atoms with Crippen molar-refractivity contribution in [2.24, 2.45) is 5.92 Å². The average Bonchev–Trinajstić information content (AvgIpc) is 2.53. The minimum atomic E-state index is -0.266. The lowest BCUT2D eigenvalue weighted by Gasteiger charge is -2.16. The van der Waals surface area contributed by atoms with Crippen molar-refractivity contribution in [1.29, 1.82) is 0 Å². The summed E-state index contributed by atoms with van der Waals surface area (Å²) in [5.74, 6) is 0.434. The van der Waals surface area contributed by atoms with Gasteiger partial charge >= 0.3 is 0 Å². The molecule has 14 heavy (non-hydrogen) atoms. The number of ether oxygens (including phenoxy) is 1. The number of aliphatic hydroxyl groups excluding tert-OH is 1. The van der Waals surface area contributed by atoms with Crippen molar-refractivity contribution in [3.63, 3.8) is 0 Å². The van der Waals surface area contributed by atoms with Gasteiger partial charge in [0.2, 0.25) is 0 Å². The molecule has 0 bridgehead atoms. The molecule has 4 nitrogen and oxygen atoms in total. The molecule has 82 valence electrons. The summed E-state index contributed by atoms with van der Waals surface area (Å²) in [6, 6.07) is 0. The maximum Gasteiger partial charge on any atom is 0.172 e. The molecule has 0 aromatic rings. The Morgan fingerprint density at radius 3 is 2.93 bits per heavy atom. The van der Waals surface area contributed by atoms with Crippen LogP contribution in [0.1, 0.15) is 13.3 Å². The minimum absolute atomic E-state index is 0.110. The van der Waals surface area contributed by atoms with Crippen molar-refractivity contribution in [1.82, 2.24) is 4.90 Å². The molecule has 1 saturated heterocycles. The normalized spacial score (nSPS) is 25.2. The van der Waals surface area contributed by atoms with Crippen molar-refractivity contribution in [3.8, 4) is 0 Å². The molecule has 2 unspecified atom stereocenters. The molecule has 0 amide bonds. The van der Waals surface area contributed by atoms with Crippen LogP contribution < -0.4 is 0 Å². The Balaban J connectivity index is 2.25. The van der Waals surface area contributed by atoms with E-state index < -0.39 is 0 Å². The highest BCUT2D eigenvalue weighted by Crippen LogP contribution is 2.18. The Morgan fingerprint density at radius 2 is 2.43 bits per heavy atom. The third kappa shape index (κ3) is 3.36. The zero-order valence-corrected chi connectivity index (χ0v) is 8.90. The fourth-order valence-electron chi connectivity index (χ4n) is 1.86. The number of aliphatic hydroxyl groups is 1. The molecule has 0 aromatic heterocycles. The fraction of sp³-hybridized carbons (Fsp3) is 0.900. The van der Waals surface area contributed by atoms with Gasteiger partial charge in [-0.15, -0.1) is 0 Å². The number of hydrogen-bond acceptors (Lipinski definition) is 4. The van der Waals surface area contributed by atoms with Crippen molar-refractivity contribution >= 4 is 5.78 Å². The van der Waals surface area contributed by atoms with E-state index in [1.165, 1.54) is 7.11 Å². The van der Waals surface area contributed by atoms with Gasteiger partial charge in [-0.25, -0.2) is 0 Å². The van der Waals surface area contributed by atoms with Crippen molar-refractivity contribution < 1.29 is 14.6 Å². The van der Waals surface area contributed by atoms with Gasteiger partial charge < -0.3 is 9.84 Å². The third-order valence-corrected chi connectivity index (χ3v) is 2.70. The van der Waals surface area contributed by atoms with Gasteiger partial charge in [0, 0.05) is 13.7 Å². The first-order chi connectivity index (χ1) is 6.63. The van der Waals surface area contributed by atoms with Gasteiger partial charge in [-0.1, -0.05) is 0 Å². The predicted octanol–water partition coefficient (Wildman–Crippen LogP) is -0.0954. The maximum absolute atomic E-state index is 11.2. The van der Waals surface area contributed by atoms with Crippen LogP contribution >= 0.6 is 0 Å². The SMILES string of the molecule is COCC(=O)CN1CCC(C(C)O)C1. The van der Waals surface area contributed by atoms with E-state index in [2.05, 4.69) is 4.90 Å². The summed E-state index contributed by atoms with van der Waals surface area (Å²) in [4.78, 5) is 13.3. The van der Waals surface area contributed by atoms with E-state index in [0.717, 1.165) is 19.5 Å². The summed E-state index contributed by atoms with van der Waals surface area (Å²) >= 11 is 0. The van der Waals surface area contributed by atoms with E-state index in [0.29, 0.717) is 12.5 Å². The number of methoxy groups -OCH3 is 1. The van der Waals surface area contributed by atoms with Crippen molar-refractivity contribution in [3.05, 3.63) is 0 Å². The third-order valence-electron chi connectivity index (χ3n) is 2.70. The number of ketones is 1. The molecule has 1 aliphatic heterocycles. The Morgan fingerprint density at radius 1 is 1.71 bits per heavy atom. The van der Waals surface area contributed by atoms with Crippen LogP contribution in [-0.2, 0) is 9.53 Å². The molecule has 4 heteroatoms. The summed E-state index contributed by atoms with van der Waals surface area (Å²) < 4.78 is 4.76. The Bertz CT molecular complexity index is 194. The summed E-state index contributed by atoms with van der Waals surface area (Å²) in [5.41, 5.74) is 0. The summed E-state index contributed by atoms with van der Waals surface area (Å²) in [6.07, 6.45) is 0.718. The molecule has 0 spiro atoms. The largest absolute Gasteiger partial charge is 0.393 e. The summed E-state index contributed by atoms with van der Waals surface area (Å²) in [5, 5.41) is 9.37. The lowest BCUT2D eigenvalue weighted by Crippen LogP contribution is -2.31. The van der Waals surface area contributed by atoms with E-state index in [1.54, 1.807) is 0 Å². The van der Waals surface area contributed by atoms with E-state index in [4.69, 9.17) is 4.74 Å². The number of carbonyl (C=O) groups is 1. The van der Waals surface area contributed by atoms with Crippen LogP contribution in [0, 0.1) is 5.92 Å². The van der Waals surface area contributed by atoms with Gasteiger partial charge in [0.15, 0.2) is 5.78 Å². The van der Waals surface area contributed by atoms with Crippen LogP contribution in [0.5, 0.6) is 0 Å². The average molecular weight is 201 g/mol. The topological polar surface area (TPSA) is 49.8 Å². The fourth-order valence-corrected chi connectivity index (χ4v) is 1.86. The highest BCUT2D eigenvalue weighted by molar-refractivity contribution is 5.81. The van der Waals surface area contributed by atoms with Gasteiger partial charge in [-0.2, -0.15) is 0 Å². The van der Waals surface area contributed by atoms with E-state index in [1.807, 2.05) is 6.92 Å². The summed E-state index contributed by atoms with van der Waals surface area (Å²) in [6.45, 7) is 4.19. The van der Waals surface area contributed by atoms with E-state index >= 15 is 0 Å². The van der Waals surface area contributed by atoms with Crippen LogP contribution in [0.4, 0.5) is 0 Å². The quantitative estimate of drug-likeness (QED) is 0.675. The van der Waals surface area contributed by atoms with Crippen LogP contribution in [0.2, 0.25) is 0 Å². The second-order valence-corrected chi connectivity index (χ2v) is 4.00. The zero-order valence-electron chi connectivity index (χ0n) is 8.90. The highest BCUT2D eigenvalue weighted by Gasteiger charge is 2.26. The first kappa shape index (κ1) is 11.6. The van der Waals surface area contributed by atoms with Gasteiger partial charge in [-0.05, 0) is 25.8 Å². The lowest BCUT2D eigenvalue weighted by molar-refractivity contribution is -0.123. The second-order valence-electron chi connectivity index (χ2n) is 4.00. The smallest absolute Gasteiger partial charge is 0.172 e. The molecule has 1 fully saturated rings. The monoisotopic (exact) mass is 201 g/mol. The molecular formula is C10H19NO3. The number of hydrogen-bond donors (Lipinski definition) is 1. The first-order valence-corrected chi connectivity index (χ1v) is 5.04. The number of rotatable bonds is 5. The molecule has 0 radical (unpaired) electrons. The number of nitrogens with zero attached hydrogens (tertiary/aromatic N) is 1. The molecule has 0 saturated carbocycles. The number of likely N-dealkylation sites (tertiary alicyclic amines) is 1. The number of Topliss-reactive ketones (excluding diaryl/α,β-unsaturated/α-hetero) is 1. The first-order valence-electron chi connectivity index (χ1n) is 5.04. The zero-order chi connectivity index (χ0) is 10.6. The van der Waals surface area contributed by atoms with Gasteiger partial charge in [0.25, 0.3) is 0 Å². The van der Waals surface area contributed by atoms with E-state index in [9.17, 15) is 9.90 Å². The molecule has 2 atom stereocenters. The predicted molar refractivity (Wildman–Crippen MR) is 53.1 cm³/mol. The molecule has 1 aliphatic rings. The van der Waals surface area contributed by atoms with Crippen LogP contribution in [-0.4, -0.2) is 55.2 Å². The van der Waals surface area contributed by atoms with Crippen LogP contribution in [0.3, 0.4) is 0 Å². The molecule has 1 N–H and O–H groups in total. The summed E-state index contributed by atoms with van der Waals surface area (Å²) in [7, 11) is 1.53. The van der Waals surface area contributed by atoms with Crippen LogP contribution in [0.25, 0.3) is 0 Å². The Kier molecular flexibility index (Phi) is 4.51. The van der Waals surface area contributed by atoms with Gasteiger partial charge in [0.05, 0.1) is 12.6 Å². The molecular weight excluding hydrogens is 182 g/mol. The Hall–Kier alpha value is -0.450. The van der Waals surface area contributed by atoms with E-state index in [-0.39, 0.29) is 18.5 Å². The van der Waals surface area contributed by atoms with Crippen molar-refractivity contribution in [2.45, 2.75) is 19.4 Å². The second kappa shape index (κ2) is 5.44. The van der Waals surface area contributed by atoms with Crippen molar-refractivity contribution in [2.75, 3.05) is 33.4 Å². The molecule has 1 heterocycles. The lowest BCUT2D eigenvalue weighted by atomic mass is 10.0. The molecule has 1 rings (SSSR count). The van der Waals surface area contributed by atoms with Gasteiger partial charge in [0.1, 0.15) is 6.61 Å². The minimum Gasteiger partial charge on any atom is -0.393 e.